The second-order valence-electron chi connectivity index (χ2n) is 4.04. The molecule has 0 radical (unpaired) electrons. The van der Waals surface area contributed by atoms with Crippen molar-refractivity contribution in [2.24, 2.45) is 5.92 Å². The normalized spacial score (nSPS) is 20.7. The lowest BCUT2D eigenvalue weighted by atomic mass is 10.0. The number of carbonyl (C=O) groups excluding carboxylic acids is 3. The van der Waals surface area contributed by atoms with Gasteiger partial charge in [-0.25, -0.2) is 0 Å². The van der Waals surface area contributed by atoms with E-state index >= 15 is 0 Å². The third-order valence-corrected chi connectivity index (χ3v) is 2.05. The van der Waals surface area contributed by atoms with Crippen LogP contribution in [0.1, 0.15) is 33.6 Å². The number of carbonyl (C=O) groups is 3. The van der Waals surface area contributed by atoms with Crippen molar-refractivity contribution < 1.29 is 23.9 Å². The molecule has 0 bridgehead atoms. The highest BCUT2D eigenvalue weighted by molar-refractivity contribution is 5.97. The number of hydrogen-bond donors (Lipinski definition) is 0. The van der Waals surface area contributed by atoms with E-state index in [1.807, 2.05) is 0 Å². The number of ketones is 1. The van der Waals surface area contributed by atoms with Gasteiger partial charge in [0.05, 0.1) is 0 Å². The molecule has 0 atom stereocenters. The fourth-order valence-corrected chi connectivity index (χ4v) is 1.33. The molecule has 0 spiro atoms. The van der Waals surface area contributed by atoms with Gasteiger partial charge in [0.15, 0.2) is 5.92 Å². The van der Waals surface area contributed by atoms with Crippen LogP contribution in [0.3, 0.4) is 0 Å². The van der Waals surface area contributed by atoms with Crippen LogP contribution in [0, 0.1) is 5.92 Å². The van der Waals surface area contributed by atoms with Gasteiger partial charge in [0.1, 0.15) is 5.78 Å². The van der Waals surface area contributed by atoms with E-state index < -0.39 is 23.6 Å². The molecule has 0 aromatic carbocycles. The summed E-state index contributed by atoms with van der Waals surface area (Å²) in [5.41, 5.74) is 0. The van der Waals surface area contributed by atoms with Crippen LogP contribution in [-0.2, 0) is 23.9 Å². The lowest BCUT2D eigenvalue weighted by Gasteiger charge is -2.32. The van der Waals surface area contributed by atoms with Gasteiger partial charge in [-0.2, -0.15) is 0 Å². The van der Waals surface area contributed by atoms with Crippen LogP contribution in [-0.4, -0.2) is 23.5 Å². The van der Waals surface area contributed by atoms with Crippen molar-refractivity contribution in [1.82, 2.24) is 0 Å². The van der Waals surface area contributed by atoms with Crippen LogP contribution in [0.15, 0.2) is 0 Å². The Labute approximate surface area is 87.7 Å². The third kappa shape index (κ3) is 3.04. The van der Waals surface area contributed by atoms with E-state index in [2.05, 4.69) is 0 Å². The molecular weight excluding hydrogens is 200 g/mol. The van der Waals surface area contributed by atoms with Crippen molar-refractivity contribution in [3.63, 3.8) is 0 Å². The Hall–Kier alpha value is -1.39. The number of ether oxygens (including phenoxy) is 2. The van der Waals surface area contributed by atoms with Gasteiger partial charge in [0.25, 0.3) is 5.79 Å². The molecule has 1 rings (SSSR count). The molecule has 0 aromatic heterocycles. The number of rotatable bonds is 3. The van der Waals surface area contributed by atoms with Crippen molar-refractivity contribution in [1.29, 1.82) is 0 Å². The molecule has 0 saturated carbocycles. The van der Waals surface area contributed by atoms with E-state index in [4.69, 9.17) is 9.47 Å². The Morgan fingerprint density at radius 2 is 1.73 bits per heavy atom. The highest BCUT2D eigenvalue weighted by atomic mass is 16.7. The Bertz CT molecular complexity index is 285. The van der Waals surface area contributed by atoms with Gasteiger partial charge in [-0.05, 0) is 13.3 Å². The van der Waals surface area contributed by atoms with E-state index in [0.717, 1.165) is 0 Å². The van der Waals surface area contributed by atoms with Crippen LogP contribution in [0.5, 0.6) is 0 Å². The van der Waals surface area contributed by atoms with Gasteiger partial charge < -0.3 is 14.3 Å². The van der Waals surface area contributed by atoms with Crippen LogP contribution >= 0.6 is 0 Å². The molecule has 1 fully saturated rings. The van der Waals surface area contributed by atoms with Gasteiger partial charge in [-0.1, -0.05) is 0 Å². The summed E-state index contributed by atoms with van der Waals surface area (Å²) >= 11 is 0. The van der Waals surface area contributed by atoms with Crippen molar-refractivity contribution in [2.75, 3.05) is 0 Å². The van der Waals surface area contributed by atoms with Gasteiger partial charge in [-0.15, -0.1) is 0 Å². The van der Waals surface area contributed by atoms with Crippen LogP contribution in [0.25, 0.3) is 0 Å². The van der Waals surface area contributed by atoms with E-state index in [0.29, 0.717) is 0 Å². The fourth-order valence-electron chi connectivity index (χ4n) is 1.33. The van der Waals surface area contributed by atoms with Gasteiger partial charge in [-0.3, -0.25) is 9.59 Å². The first-order valence-electron chi connectivity index (χ1n) is 4.77. The number of esters is 2. The predicted molar refractivity (Wildman–Crippen MR) is 49.7 cm³/mol. The standard InChI is InChI=1S/C10H14O5/c1-6(11)4-5-7-8(12)14-10(2,3)15-9(7)13/h7H,4-5H2,1-3H3. The quantitative estimate of drug-likeness (QED) is 0.513. The maximum Gasteiger partial charge on any atom is 0.323 e. The Morgan fingerprint density at radius 3 is 2.13 bits per heavy atom. The Kier molecular flexibility index (Phi) is 3.12. The molecule has 1 saturated heterocycles. The molecule has 1 aliphatic heterocycles. The zero-order chi connectivity index (χ0) is 11.6. The smallest absolute Gasteiger partial charge is 0.323 e. The van der Waals surface area contributed by atoms with E-state index in [9.17, 15) is 14.4 Å². The van der Waals surface area contributed by atoms with Gasteiger partial charge in [0.2, 0.25) is 0 Å². The average molecular weight is 214 g/mol. The second kappa shape index (κ2) is 4.00. The summed E-state index contributed by atoms with van der Waals surface area (Å²) in [5, 5.41) is 0. The molecule has 15 heavy (non-hydrogen) atoms. The minimum Gasteiger partial charge on any atom is -0.422 e. The SMILES string of the molecule is CC(=O)CCC1C(=O)OC(C)(C)OC1=O. The zero-order valence-electron chi connectivity index (χ0n) is 9.03. The molecule has 0 aliphatic carbocycles. The molecule has 0 unspecified atom stereocenters. The summed E-state index contributed by atoms with van der Waals surface area (Å²) in [4.78, 5) is 33.5. The molecule has 0 N–H and O–H groups in total. The molecule has 0 amide bonds. The molecular formula is C10H14O5. The summed E-state index contributed by atoms with van der Waals surface area (Å²) in [5.74, 6) is -3.45. The summed E-state index contributed by atoms with van der Waals surface area (Å²) in [6.07, 6.45) is 0.332. The first kappa shape index (κ1) is 11.7. The highest BCUT2D eigenvalue weighted by Crippen LogP contribution is 2.25. The monoisotopic (exact) mass is 214 g/mol. The maximum atomic E-state index is 11.4. The average Bonchev–Trinajstić information content (AvgIpc) is 1.98. The minimum absolute atomic E-state index is 0.0690. The van der Waals surface area contributed by atoms with Gasteiger partial charge in [0, 0.05) is 20.3 Å². The largest absolute Gasteiger partial charge is 0.422 e. The van der Waals surface area contributed by atoms with Crippen molar-refractivity contribution in [3.8, 4) is 0 Å². The molecule has 84 valence electrons. The van der Waals surface area contributed by atoms with Gasteiger partial charge >= 0.3 is 11.9 Å². The summed E-state index contributed by atoms with van der Waals surface area (Å²) in [6, 6.07) is 0. The predicted octanol–water partition coefficient (Wildman–Crippen LogP) is 0.808. The fraction of sp³-hybridized carbons (Fsp3) is 0.700. The Balaban J connectivity index is 2.63. The maximum absolute atomic E-state index is 11.4. The minimum atomic E-state index is -1.19. The highest BCUT2D eigenvalue weighted by Gasteiger charge is 2.42. The first-order chi connectivity index (χ1) is 6.82. The van der Waals surface area contributed by atoms with Crippen LogP contribution in [0.4, 0.5) is 0 Å². The first-order valence-corrected chi connectivity index (χ1v) is 4.77. The summed E-state index contributed by atoms with van der Waals surface area (Å²) in [7, 11) is 0. The molecule has 5 heteroatoms. The van der Waals surface area contributed by atoms with E-state index in [1.165, 1.54) is 20.8 Å². The molecule has 0 aromatic rings. The zero-order valence-corrected chi connectivity index (χ0v) is 9.03. The van der Waals surface area contributed by atoms with Crippen LogP contribution in [0.2, 0.25) is 0 Å². The van der Waals surface area contributed by atoms with Crippen LogP contribution < -0.4 is 0 Å². The third-order valence-electron chi connectivity index (χ3n) is 2.05. The molecule has 1 aliphatic rings. The van der Waals surface area contributed by atoms with E-state index in [1.54, 1.807) is 0 Å². The van der Waals surface area contributed by atoms with Crippen molar-refractivity contribution in [3.05, 3.63) is 0 Å². The topological polar surface area (TPSA) is 69.7 Å². The van der Waals surface area contributed by atoms with E-state index in [-0.39, 0.29) is 18.6 Å². The molecule has 5 nitrogen and oxygen atoms in total. The second-order valence-corrected chi connectivity index (χ2v) is 4.04. The number of hydrogen-bond acceptors (Lipinski definition) is 5. The molecule has 1 heterocycles. The number of Topliss-reactive ketones (excluding diaryl/α,β-unsaturated/α-hetero) is 1. The Morgan fingerprint density at radius 1 is 1.27 bits per heavy atom. The lowest BCUT2D eigenvalue weighted by molar-refractivity contribution is -0.240. The summed E-state index contributed by atoms with van der Waals surface area (Å²) < 4.78 is 9.79. The lowest BCUT2D eigenvalue weighted by Crippen LogP contribution is -2.46. The summed E-state index contributed by atoms with van der Waals surface area (Å²) in [6.45, 7) is 4.39. The van der Waals surface area contributed by atoms with Crippen molar-refractivity contribution in [2.45, 2.75) is 39.4 Å². The number of cyclic esters (lactones) is 2. The van der Waals surface area contributed by atoms with Crippen molar-refractivity contribution >= 4 is 17.7 Å².